The fourth-order valence-electron chi connectivity index (χ4n) is 2.73. The van der Waals surface area contributed by atoms with Crippen LogP contribution in [0.4, 0.5) is 0 Å². The lowest BCUT2D eigenvalue weighted by Crippen LogP contribution is -2.34. The Bertz CT molecular complexity index is 550. The molecule has 1 aliphatic heterocycles. The molecule has 1 aromatic carbocycles. The van der Waals surface area contributed by atoms with Gasteiger partial charge in [-0.2, -0.15) is 0 Å². The summed E-state index contributed by atoms with van der Waals surface area (Å²) in [5, 5.41) is 3.61. The van der Waals surface area contributed by atoms with Gasteiger partial charge >= 0.3 is 0 Å². The van der Waals surface area contributed by atoms with Crippen molar-refractivity contribution in [3.63, 3.8) is 0 Å². The predicted molar refractivity (Wildman–Crippen MR) is 89.3 cm³/mol. The maximum atomic E-state index is 12.2. The summed E-state index contributed by atoms with van der Waals surface area (Å²) in [5.74, 6) is -0.241. The number of likely N-dealkylation sites (tertiary alicyclic amines) is 1. The van der Waals surface area contributed by atoms with Crippen LogP contribution in [0.2, 0.25) is 5.02 Å². The third-order valence-corrected chi connectivity index (χ3v) is 4.20. The summed E-state index contributed by atoms with van der Waals surface area (Å²) in [6, 6.07) is 7.60. The van der Waals surface area contributed by atoms with E-state index in [9.17, 15) is 9.59 Å². The fourth-order valence-corrected chi connectivity index (χ4v) is 2.94. The average molecular weight is 339 g/mol. The molecule has 6 heteroatoms. The van der Waals surface area contributed by atoms with E-state index in [-0.39, 0.29) is 17.7 Å². The minimum absolute atomic E-state index is 0.0466. The van der Waals surface area contributed by atoms with Gasteiger partial charge in [0, 0.05) is 44.8 Å². The maximum absolute atomic E-state index is 12.2. The average Bonchev–Trinajstić information content (AvgIpc) is 2.89. The highest BCUT2D eigenvalue weighted by atomic mass is 35.5. The van der Waals surface area contributed by atoms with Gasteiger partial charge in [0.1, 0.15) is 0 Å². The Balaban J connectivity index is 1.72. The molecule has 1 fully saturated rings. The van der Waals surface area contributed by atoms with Gasteiger partial charge in [0.15, 0.2) is 0 Å². The maximum Gasteiger partial charge on any atom is 0.225 e. The lowest BCUT2D eigenvalue weighted by atomic mass is 10.1. The number of methoxy groups -OCH3 is 1. The molecule has 2 amide bonds. The second-order valence-electron chi connectivity index (χ2n) is 5.76. The van der Waals surface area contributed by atoms with Crippen molar-refractivity contribution >= 4 is 23.4 Å². The SMILES string of the molecule is COCCCN1CC(C(=O)NCCc2cccc(Cl)c2)CC1=O. The van der Waals surface area contributed by atoms with Crippen LogP contribution in [0.1, 0.15) is 18.4 Å². The Labute approximate surface area is 141 Å². The lowest BCUT2D eigenvalue weighted by Gasteiger charge is -2.16. The van der Waals surface area contributed by atoms with Crippen molar-refractivity contribution in [3.8, 4) is 0 Å². The Morgan fingerprint density at radius 2 is 2.30 bits per heavy atom. The fraction of sp³-hybridized carbons (Fsp3) is 0.529. The van der Waals surface area contributed by atoms with E-state index < -0.39 is 0 Å². The second-order valence-corrected chi connectivity index (χ2v) is 6.19. The van der Waals surface area contributed by atoms with E-state index in [2.05, 4.69) is 5.32 Å². The molecule has 2 rings (SSSR count). The molecule has 0 spiro atoms. The van der Waals surface area contributed by atoms with Crippen LogP contribution in [-0.2, 0) is 20.7 Å². The summed E-state index contributed by atoms with van der Waals surface area (Å²) >= 11 is 5.93. The highest BCUT2D eigenvalue weighted by Gasteiger charge is 2.33. The van der Waals surface area contributed by atoms with Crippen LogP contribution in [0.25, 0.3) is 0 Å². The van der Waals surface area contributed by atoms with Crippen molar-refractivity contribution in [2.45, 2.75) is 19.3 Å². The number of carbonyl (C=O) groups excluding carboxylic acids is 2. The molecule has 1 aliphatic rings. The van der Waals surface area contributed by atoms with Gasteiger partial charge in [0.25, 0.3) is 0 Å². The number of carbonyl (C=O) groups is 2. The zero-order valence-electron chi connectivity index (χ0n) is 13.4. The van der Waals surface area contributed by atoms with E-state index >= 15 is 0 Å². The molecule has 0 bridgehead atoms. The van der Waals surface area contributed by atoms with E-state index in [0.29, 0.717) is 37.7 Å². The predicted octanol–water partition coefficient (Wildman–Crippen LogP) is 1.88. The molecule has 0 radical (unpaired) electrons. The molecule has 0 saturated carbocycles. The van der Waals surface area contributed by atoms with E-state index in [0.717, 1.165) is 18.4 Å². The molecular formula is C17H23ClN2O3. The first-order valence-electron chi connectivity index (χ1n) is 7.89. The molecule has 1 unspecified atom stereocenters. The van der Waals surface area contributed by atoms with Gasteiger partial charge in [-0.15, -0.1) is 0 Å². The summed E-state index contributed by atoms with van der Waals surface area (Å²) in [6.45, 7) is 2.33. The van der Waals surface area contributed by atoms with Crippen LogP contribution >= 0.6 is 11.6 Å². The number of rotatable bonds is 8. The van der Waals surface area contributed by atoms with Crippen molar-refractivity contribution in [1.82, 2.24) is 10.2 Å². The second kappa shape index (κ2) is 8.89. The Morgan fingerprint density at radius 3 is 3.04 bits per heavy atom. The standard InChI is InChI=1S/C17H23ClN2O3/c1-23-9-3-8-20-12-14(11-16(20)21)17(22)19-7-6-13-4-2-5-15(18)10-13/h2,4-5,10,14H,3,6-9,11-12H2,1H3,(H,19,22). The molecule has 126 valence electrons. The Kier molecular flexibility index (Phi) is 6.86. The van der Waals surface area contributed by atoms with Gasteiger partial charge in [-0.25, -0.2) is 0 Å². The number of nitrogens with one attached hydrogen (secondary N) is 1. The number of nitrogens with zero attached hydrogens (tertiary/aromatic N) is 1. The zero-order valence-corrected chi connectivity index (χ0v) is 14.1. The van der Waals surface area contributed by atoms with Gasteiger partial charge in [0.05, 0.1) is 5.92 Å². The molecule has 1 heterocycles. The number of hydrogen-bond acceptors (Lipinski definition) is 3. The van der Waals surface area contributed by atoms with Crippen molar-refractivity contribution in [3.05, 3.63) is 34.9 Å². The van der Waals surface area contributed by atoms with Crippen LogP contribution in [0.3, 0.4) is 0 Å². The normalized spacial score (nSPS) is 17.6. The van der Waals surface area contributed by atoms with Crippen LogP contribution in [-0.4, -0.2) is 50.1 Å². The van der Waals surface area contributed by atoms with Crippen LogP contribution in [0.5, 0.6) is 0 Å². The largest absolute Gasteiger partial charge is 0.385 e. The van der Waals surface area contributed by atoms with Gasteiger partial charge in [-0.1, -0.05) is 23.7 Å². The van der Waals surface area contributed by atoms with Gasteiger partial charge < -0.3 is 15.0 Å². The Morgan fingerprint density at radius 1 is 1.48 bits per heavy atom. The molecule has 23 heavy (non-hydrogen) atoms. The minimum Gasteiger partial charge on any atom is -0.385 e. The van der Waals surface area contributed by atoms with Gasteiger partial charge in [-0.3, -0.25) is 9.59 Å². The smallest absolute Gasteiger partial charge is 0.225 e. The first-order valence-corrected chi connectivity index (χ1v) is 8.27. The van der Waals surface area contributed by atoms with Crippen molar-refractivity contribution in [1.29, 1.82) is 0 Å². The van der Waals surface area contributed by atoms with E-state index in [4.69, 9.17) is 16.3 Å². The lowest BCUT2D eigenvalue weighted by molar-refractivity contribution is -0.129. The molecule has 0 aliphatic carbocycles. The van der Waals surface area contributed by atoms with E-state index in [1.54, 1.807) is 12.0 Å². The topological polar surface area (TPSA) is 58.6 Å². The first kappa shape index (κ1) is 17.8. The zero-order chi connectivity index (χ0) is 16.7. The third-order valence-electron chi connectivity index (χ3n) is 3.96. The van der Waals surface area contributed by atoms with Crippen LogP contribution in [0.15, 0.2) is 24.3 Å². The molecule has 5 nitrogen and oxygen atoms in total. The highest BCUT2D eigenvalue weighted by molar-refractivity contribution is 6.30. The molecule has 1 saturated heterocycles. The van der Waals surface area contributed by atoms with Crippen molar-refractivity contribution in [2.75, 3.05) is 33.4 Å². The quantitative estimate of drug-likeness (QED) is 0.736. The van der Waals surface area contributed by atoms with Gasteiger partial charge in [-0.05, 0) is 30.5 Å². The number of ether oxygens (including phenoxy) is 1. The van der Waals surface area contributed by atoms with Gasteiger partial charge in [0.2, 0.25) is 11.8 Å². The molecule has 1 atom stereocenters. The number of amides is 2. The number of benzene rings is 1. The van der Waals surface area contributed by atoms with Crippen molar-refractivity contribution < 1.29 is 14.3 Å². The summed E-state index contributed by atoms with van der Waals surface area (Å²) < 4.78 is 4.99. The summed E-state index contributed by atoms with van der Waals surface area (Å²) in [7, 11) is 1.64. The van der Waals surface area contributed by atoms with Crippen molar-refractivity contribution in [2.24, 2.45) is 5.92 Å². The monoisotopic (exact) mass is 338 g/mol. The summed E-state index contributed by atoms with van der Waals surface area (Å²) in [6.07, 6.45) is 1.83. The molecule has 1 aromatic rings. The molecule has 1 N–H and O–H groups in total. The van der Waals surface area contributed by atoms with E-state index in [1.165, 1.54) is 0 Å². The minimum atomic E-state index is -0.246. The first-order chi connectivity index (χ1) is 11.1. The summed E-state index contributed by atoms with van der Waals surface area (Å²) in [5.41, 5.74) is 1.08. The highest BCUT2D eigenvalue weighted by Crippen LogP contribution is 2.18. The third kappa shape index (κ3) is 5.52. The summed E-state index contributed by atoms with van der Waals surface area (Å²) in [4.78, 5) is 25.8. The van der Waals surface area contributed by atoms with E-state index in [1.807, 2.05) is 24.3 Å². The number of halogens is 1. The Hall–Kier alpha value is -1.59. The van der Waals surface area contributed by atoms with Crippen LogP contribution < -0.4 is 5.32 Å². The molecule has 0 aromatic heterocycles. The number of hydrogen-bond donors (Lipinski definition) is 1. The molecular weight excluding hydrogens is 316 g/mol. The van der Waals surface area contributed by atoms with Crippen LogP contribution in [0, 0.1) is 5.92 Å².